The van der Waals surface area contributed by atoms with Crippen molar-refractivity contribution in [2.45, 2.75) is 30.6 Å². The van der Waals surface area contributed by atoms with Gasteiger partial charge in [0.05, 0.1) is 16.3 Å². The molecule has 0 bridgehead atoms. The topological polar surface area (TPSA) is 46.2 Å². The molecule has 98 valence electrons. The average molecular weight is 269 g/mol. The average Bonchev–Trinajstić information content (AvgIpc) is 2.70. The number of rotatable bonds is 0. The van der Waals surface area contributed by atoms with E-state index in [1.807, 2.05) is 0 Å². The summed E-state index contributed by atoms with van der Waals surface area (Å²) in [6.45, 7) is 0.556. The maximum Gasteiger partial charge on any atom is 0.181 e. The Balaban J connectivity index is 2.11. The van der Waals surface area contributed by atoms with Crippen molar-refractivity contribution < 1.29 is 12.8 Å². The van der Waals surface area contributed by atoms with Crippen molar-refractivity contribution >= 4 is 15.5 Å². The number of para-hydroxylation sites is 1. The third-order valence-corrected chi connectivity index (χ3v) is 6.11. The van der Waals surface area contributed by atoms with Gasteiger partial charge in [-0.25, -0.2) is 12.8 Å². The number of benzene rings is 1. The second kappa shape index (κ2) is 3.95. The molecule has 1 fully saturated rings. The van der Waals surface area contributed by atoms with E-state index in [9.17, 15) is 12.8 Å². The van der Waals surface area contributed by atoms with Gasteiger partial charge in [-0.05, 0) is 25.0 Å². The number of nitrogens with one attached hydrogen (secondary N) is 1. The molecule has 1 aliphatic heterocycles. The van der Waals surface area contributed by atoms with Crippen LogP contribution in [0, 0.1) is 11.2 Å². The van der Waals surface area contributed by atoms with Gasteiger partial charge in [-0.1, -0.05) is 18.9 Å². The Labute approximate surface area is 106 Å². The molecule has 0 saturated heterocycles. The second-order valence-electron chi connectivity index (χ2n) is 5.43. The van der Waals surface area contributed by atoms with Crippen LogP contribution >= 0.6 is 0 Å². The molecule has 0 radical (unpaired) electrons. The summed E-state index contributed by atoms with van der Waals surface area (Å²) in [5, 5.41) is 3.03. The maximum atomic E-state index is 13.7. The van der Waals surface area contributed by atoms with E-state index in [-0.39, 0.29) is 21.8 Å². The first-order valence-corrected chi connectivity index (χ1v) is 7.93. The highest BCUT2D eigenvalue weighted by Crippen LogP contribution is 2.43. The molecule has 1 aromatic carbocycles. The van der Waals surface area contributed by atoms with Crippen LogP contribution in [-0.2, 0) is 9.84 Å². The molecule has 18 heavy (non-hydrogen) atoms. The predicted molar refractivity (Wildman–Crippen MR) is 67.8 cm³/mol. The minimum atomic E-state index is -3.40. The maximum absolute atomic E-state index is 13.7. The zero-order valence-electron chi connectivity index (χ0n) is 10.1. The van der Waals surface area contributed by atoms with Crippen LogP contribution in [0.3, 0.4) is 0 Å². The van der Waals surface area contributed by atoms with E-state index < -0.39 is 15.7 Å². The molecule has 1 saturated carbocycles. The number of sulfone groups is 1. The number of hydrogen-bond acceptors (Lipinski definition) is 3. The lowest BCUT2D eigenvalue weighted by atomic mass is 9.88. The van der Waals surface area contributed by atoms with Crippen LogP contribution in [0.15, 0.2) is 23.1 Å². The normalized spacial score (nSPS) is 24.3. The summed E-state index contributed by atoms with van der Waals surface area (Å²) in [5.41, 5.74) is -0.0501. The Morgan fingerprint density at radius 1 is 1.22 bits per heavy atom. The number of fused-ring (bicyclic) bond motifs is 1. The first-order chi connectivity index (χ1) is 8.53. The van der Waals surface area contributed by atoms with E-state index in [2.05, 4.69) is 5.32 Å². The Bertz CT molecular complexity index is 577. The van der Waals surface area contributed by atoms with Gasteiger partial charge >= 0.3 is 0 Å². The molecular weight excluding hydrogens is 253 g/mol. The lowest BCUT2D eigenvalue weighted by Crippen LogP contribution is -2.31. The van der Waals surface area contributed by atoms with Crippen molar-refractivity contribution in [3.8, 4) is 0 Å². The van der Waals surface area contributed by atoms with Crippen molar-refractivity contribution in [2.24, 2.45) is 5.41 Å². The zero-order valence-corrected chi connectivity index (χ0v) is 10.9. The summed E-state index contributed by atoms with van der Waals surface area (Å²) in [4.78, 5) is 0.117. The molecule has 0 amide bonds. The molecule has 1 heterocycles. The minimum Gasteiger partial charge on any atom is -0.381 e. The summed E-state index contributed by atoms with van der Waals surface area (Å²) in [5.74, 6) is -0.338. The number of halogens is 1. The third kappa shape index (κ3) is 1.81. The number of hydrogen-bond donors (Lipinski definition) is 1. The highest BCUT2D eigenvalue weighted by atomic mass is 32.2. The van der Waals surface area contributed by atoms with Gasteiger partial charge in [0.2, 0.25) is 0 Å². The quantitative estimate of drug-likeness (QED) is 0.787. The molecule has 2 aliphatic rings. The summed E-state index contributed by atoms with van der Waals surface area (Å²) in [6.07, 6.45) is 3.95. The van der Waals surface area contributed by atoms with Crippen molar-refractivity contribution in [1.82, 2.24) is 0 Å². The SMILES string of the molecule is O=S1(=O)CC2(CCCC2)CNc2c(F)cccc21. The summed E-state index contributed by atoms with van der Waals surface area (Å²) >= 11 is 0. The van der Waals surface area contributed by atoms with Crippen LogP contribution in [0.5, 0.6) is 0 Å². The van der Waals surface area contributed by atoms with Gasteiger partial charge < -0.3 is 5.32 Å². The second-order valence-corrected chi connectivity index (χ2v) is 7.39. The number of anilines is 1. The van der Waals surface area contributed by atoms with Gasteiger partial charge in [-0.15, -0.1) is 0 Å². The Hall–Kier alpha value is -1.10. The zero-order chi connectivity index (χ0) is 12.8. The van der Waals surface area contributed by atoms with E-state index in [4.69, 9.17) is 0 Å². The molecule has 3 rings (SSSR count). The molecule has 3 nitrogen and oxygen atoms in total. The van der Waals surface area contributed by atoms with Crippen LogP contribution in [0.25, 0.3) is 0 Å². The van der Waals surface area contributed by atoms with Crippen molar-refractivity contribution in [1.29, 1.82) is 0 Å². The fraction of sp³-hybridized carbons (Fsp3) is 0.538. The molecule has 0 atom stereocenters. The standard InChI is InChI=1S/C13H16FNO2S/c14-10-4-3-5-11-12(10)15-8-13(6-1-2-7-13)9-18(11,16)17/h3-5,15H,1-2,6-9H2. The van der Waals surface area contributed by atoms with Crippen molar-refractivity contribution in [3.63, 3.8) is 0 Å². The molecule has 1 aliphatic carbocycles. The molecule has 5 heteroatoms. The highest BCUT2D eigenvalue weighted by molar-refractivity contribution is 7.91. The van der Waals surface area contributed by atoms with Crippen LogP contribution < -0.4 is 5.32 Å². The van der Waals surface area contributed by atoms with Gasteiger partial charge in [0.25, 0.3) is 0 Å². The Kier molecular flexibility index (Phi) is 2.62. The fourth-order valence-corrected chi connectivity index (χ4v) is 5.31. The first kappa shape index (κ1) is 12.0. The van der Waals surface area contributed by atoms with E-state index in [0.29, 0.717) is 6.54 Å². The van der Waals surface area contributed by atoms with Gasteiger partial charge in [-0.3, -0.25) is 0 Å². The molecule has 1 spiro atoms. The smallest absolute Gasteiger partial charge is 0.181 e. The van der Waals surface area contributed by atoms with Gasteiger partial charge in [0.15, 0.2) is 9.84 Å². The predicted octanol–water partition coefficient (Wildman–Crippen LogP) is 2.59. The van der Waals surface area contributed by atoms with Crippen LogP contribution in [-0.4, -0.2) is 20.7 Å². The van der Waals surface area contributed by atoms with E-state index in [0.717, 1.165) is 25.7 Å². The van der Waals surface area contributed by atoms with Crippen LogP contribution in [0.1, 0.15) is 25.7 Å². The molecule has 0 unspecified atom stereocenters. The Morgan fingerprint density at radius 2 is 1.94 bits per heavy atom. The summed E-state index contributed by atoms with van der Waals surface area (Å²) < 4.78 is 38.5. The van der Waals surface area contributed by atoms with E-state index >= 15 is 0 Å². The van der Waals surface area contributed by atoms with Gasteiger partial charge in [-0.2, -0.15) is 0 Å². The third-order valence-electron chi connectivity index (χ3n) is 4.11. The Morgan fingerprint density at radius 3 is 2.67 bits per heavy atom. The van der Waals surface area contributed by atoms with E-state index in [1.165, 1.54) is 18.2 Å². The van der Waals surface area contributed by atoms with Crippen molar-refractivity contribution in [2.75, 3.05) is 17.6 Å². The largest absolute Gasteiger partial charge is 0.381 e. The van der Waals surface area contributed by atoms with Crippen LogP contribution in [0.4, 0.5) is 10.1 Å². The lowest BCUT2D eigenvalue weighted by molar-refractivity contribution is 0.365. The fourth-order valence-electron chi connectivity index (χ4n) is 3.19. The molecule has 1 aromatic rings. The summed E-state index contributed by atoms with van der Waals surface area (Å²) in [7, 11) is -3.40. The summed E-state index contributed by atoms with van der Waals surface area (Å²) in [6, 6.07) is 4.25. The van der Waals surface area contributed by atoms with Crippen molar-refractivity contribution in [3.05, 3.63) is 24.0 Å². The lowest BCUT2D eigenvalue weighted by Gasteiger charge is -2.26. The first-order valence-electron chi connectivity index (χ1n) is 6.28. The minimum absolute atomic E-state index is 0.117. The molecule has 0 aromatic heterocycles. The monoisotopic (exact) mass is 269 g/mol. The van der Waals surface area contributed by atoms with Crippen LogP contribution in [0.2, 0.25) is 0 Å². The molecular formula is C13H16FNO2S. The van der Waals surface area contributed by atoms with Gasteiger partial charge in [0, 0.05) is 12.0 Å². The van der Waals surface area contributed by atoms with E-state index in [1.54, 1.807) is 0 Å². The highest BCUT2D eigenvalue weighted by Gasteiger charge is 2.41. The van der Waals surface area contributed by atoms with Gasteiger partial charge in [0.1, 0.15) is 5.82 Å². The molecule has 1 N–H and O–H groups in total.